The maximum absolute atomic E-state index is 13.5. The van der Waals surface area contributed by atoms with Crippen LogP contribution in [0.5, 0.6) is 5.75 Å². The van der Waals surface area contributed by atoms with Gasteiger partial charge >= 0.3 is 0 Å². The van der Waals surface area contributed by atoms with Gasteiger partial charge in [0.1, 0.15) is 5.75 Å². The molecule has 1 saturated heterocycles. The van der Waals surface area contributed by atoms with Gasteiger partial charge in [-0.15, -0.1) is 4.99 Å². The number of azide groups is 1. The van der Waals surface area contributed by atoms with Crippen molar-refractivity contribution in [3.63, 3.8) is 0 Å². The number of benzene rings is 2. The summed E-state index contributed by atoms with van der Waals surface area (Å²) >= 11 is 12.4. The van der Waals surface area contributed by atoms with E-state index < -0.39 is 12.1 Å². The normalized spacial score (nSPS) is 15.9. The van der Waals surface area contributed by atoms with Crippen molar-refractivity contribution in [1.82, 2.24) is 15.5 Å². The summed E-state index contributed by atoms with van der Waals surface area (Å²) < 4.78 is 6.05. The van der Waals surface area contributed by atoms with Crippen LogP contribution in [-0.2, 0) is 4.79 Å². The Morgan fingerprint density at radius 3 is 2.67 bits per heavy atom. The standard InChI is InChI=1S/C28H36Cl2N10O2/c1-3-20(4-2)42-21-7-5-6-19(15-21)38-28(36-17-31)35-16-25(26(32)18-8-9-22(29)23(30)14-18)40(13-12-37-39-33)27(41)24-10-11-34-24/h5-9,14-15,20,24-26,34H,3-4,10-13,16,32H2,1-2H3,(H2,35,36,38)/t24-,25?,26?/m1/s1. The molecule has 0 saturated carbocycles. The molecule has 2 aromatic rings. The molecule has 3 rings (SSSR count). The van der Waals surface area contributed by atoms with Crippen LogP contribution in [0.15, 0.2) is 52.6 Å². The van der Waals surface area contributed by atoms with Gasteiger partial charge in [-0.05, 0) is 61.2 Å². The molecule has 0 bridgehead atoms. The fraction of sp³-hybridized carbons (Fsp3) is 0.464. The number of anilines is 1. The molecule has 12 nitrogen and oxygen atoms in total. The molecular formula is C28H36Cl2N10O2. The van der Waals surface area contributed by atoms with Crippen molar-refractivity contribution in [2.75, 3.05) is 31.5 Å². The molecule has 0 aliphatic carbocycles. The number of amides is 1. The van der Waals surface area contributed by atoms with Gasteiger partial charge in [-0.2, -0.15) is 5.26 Å². The summed E-state index contributed by atoms with van der Waals surface area (Å²) in [5.41, 5.74) is 16.9. The molecular weight excluding hydrogens is 579 g/mol. The molecule has 3 atom stereocenters. The third-order valence-electron chi connectivity index (χ3n) is 7.00. The van der Waals surface area contributed by atoms with E-state index in [1.165, 1.54) is 0 Å². The van der Waals surface area contributed by atoms with E-state index in [-0.39, 0.29) is 43.6 Å². The van der Waals surface area contributed by atoms with Gasteiger partial charge < -0.3 is 31.3 Å². The van der Waals surface area contributed by atoms with Crippen molar-refractivity contribution in [2.45, 2.75) is 57.3 Å². The topological polar surface area (TPSA) is 177 Å². The lowest BCUT2D eigenvalue weighted by molar-refractivity contribution is -0.137. The highest BCUT2D eigenvalue weighted by Gasteiger charge is 2.36. The quantitative estimate of drug-likeness (QED) is 0.0579. The van der Waals surface area contributed by atoms with Gasteiger partial charge in [-0.25, -0.2) is 0 Å². The first-order valence-corrected chi connectivity index (χ1v) is 14.6. The van der Waals surface area contributed by atoms with E-state index in [4.69, 9.17) is 39.2 Å². The number of nitriles is 1. The summed E-state index contributed by atoms with van der Waals surface area (Å²) in [6.07, 6.45) is 4.33. The lowest BCUT2D eigenvalue weighted by Gasteiger charge is -2.40. The Bertz CT molecular complexity index is 1320. The first-order valence-electron chi connectivity index (χ1n) is 13.8. The van der Waals surface area contributed by atoms with E-state index in [0.29, 0.717) is 33.5 Å². The van der Waals surface area contributed by atoms with Crippen LogP contribution in [0.4, 0.5) is 5.69 Å². The number of rotatable bonds is 14. The van der Waals surface area contributed by atoms with E-state index >= 15 is 0 Å². The number of carbonyl (C=O) groups excluding carboxylic acids is 1. The number of ether oxygens (including phenoxy) is 1. The minimum Gasteiger partial charge on any atom is -0.490 e. The highest BCUT2D eigenvalue weighted by molar-refractivity contribution is 6.42. The number of hydrogen-bond donors (Lipinski definition) is 4. The first-order chi connectivity index (χ1) is 20.3. The molecule has 0 spiro atoms. The van der Waals surface area contributed by atoms with Crippen LogP contribution in [0.3, 0.4) is 0 Å². The molecule has 224 valence electrons. The molecule has 0 radical (unpaired) electrons. The number of carbonyl (C=O) groups is 1. The Balaban J connectivity index is 1.88. The Kier molecular flexibility index (Phi) is 13.0. The SMILES string of the molecule is CCC(CC)Oc1cccc(N/C(=N/C#N)NCC(C(N)c2ccc(Cl)c(Cl)c2)N(CCN=[N+]=[N-])C(=O)[C@H]2CCN2)c1. The number of nitrogens with zero attached hydrogens (tertiary/aromatic N) is 6. The van der Waals surface area contributed by atoms with Gasteiger partial charge in [0.15, 0.2) is 0 Å². The largest absolute Gasteiger partial charge is 0.490 e. The van der Waals surface area contributed by atoms with E-state index in [1.54, 1.807) is 29.3 Å². The lowest BCUT2D eigenvalue weighted by atomic mass is 9.96. The second-order valence-corrected chi connectivity index (χ2v) is 10.5. The summed E-state index contributed by atoms with van der Waals surface area (Å²) in [7, 11) is 0. The van der Waals surface area contributed by atoms with Gasteiger partial charge in [0, 0.05) is 36.3 Å². The number of nitrogens with one attached hydrogen (secondary N) is 3. The predicted octanol–water partition coefficient (Wildman–Crippen LogP) is 4.97. The Morgan fingerprint density at radius 2 is 2.05 bits per heavy atom. The predicted molar refractivity (Wildman–Crippen MR) is 165 cm³/mol. The molecule has 1 heterocycles. The Labute approximate surface area is 255 Å². The molecule has 2 aromatic carbocycles. The van der Waals surface area contributed by atoms with Crippen LogP contribution in [0.1, 0.15) is 44.7 Å². The first kappa shape index (κ1) is 32.8. The number of aliphatic imine (C=N–C) groups is 1. The number of guanidine groups is 1. The number of hydrogen-bond acceptors (Lipinski definition) is 7. The lowest BCUT2D eigenvalue weighted by Crippen LogP contribution is -2.60. The van der Waals surface area contributed by atoms with Gasteiger partial charge in [0.05, 0.1) is 34.3 Å². The average molecular weight is 616 g/mol. The molecule has 1 aliphatic rings. The third-order valence-corrected chi connectivity index (χ3v) is 7.74. The van der Waals surface area contributed by atoms with Crippen molar-refractivity contribution in [3.8, 4) is 11.9 Å². The summed E-state index contributed by atoms with van der Waals surface area (Å²) in [5.74, 6) is 0.676. The van der Waals surface area contributed by atoms with E-state index in [9.17, 15) is 10.1 Å². The van der Waals surface area contributed by atoms with Gasteiger partial charge in [0.25, 0.3) is 0 Å². The summed E-state index contributed by atoms with van der Waals surface area (Å²) in [6, 6.07) is 10.7. The molecule has 1 fully saturated rings. The summed E-state index contributed by atoms with van der Waals surface area (Å²) in [6.45, 7) is 5.16. The zero-order valence-corrected chi connectivity index (χ0v) is 25.1. The smallest absolute Gasteiger partial charge is 0.240 e. The number of halogens is 2. The van der Waals surface area contributed by atoms with Crippen molar-refractivity contribution >= 4 is 40.8 Å². The van der Waals surface area contributed by atoms with E-state index in [0.717, 1.165) is 19.4 Å². The monoisotopic (exact) mass is 614 g/mol. The highest BCUT2D eigenvalue weighted by atomic mass is 35.5. The summed E-state index contributed by atoms with van der Waals surface area (Å²) in [5, 5.41) is 23.1. The maximum Gasteiger partial charge on any atom is 0.240 e. The molecule has 14 heteroatoms. The average Bonchev–Trinajstić information content (AvgIpc) is 2.95. The van der Waals surface area contributed by atoms with E-state index in [2.05, 4.69) is 44.8 Å². The zero-order valence-electron chi connectivity index (χ0n) is 23.6. The number of nitrogens with two attached hydrogens (primary N) is 1. The molecule has 5 N–H and O–H groups in total. The van der Waals surface area contributed by atoms with Crippen LogP contribution < -0.4 is 26.4 Å². The molecule has 1 amide bonds. The zero-order chi connectivity index (χ0) is 30.5. The second kappa shape index (κ2) is 16.7. The summed E-state index contributed by atoms with van der Waals surface area (Å²) in [4.78, 5) is 21.9. The van der Waals surface area contributed by atoms with Crippen LogP contribution >= 0.6 is 23.2 Å². The molecule has 1 aliphatic heterocycles. The van der Waals surface area contributed by atoms with Crippen LogP contribution in [0.2, 0.25) is 10.0 Å². The van der Waals surface area contributed by atoms with Crippen molar-refractivity contribution in [3.05, 3.63) is 68.5 Å². The minimum atomic E-state index is -0.720. The van der Waals surface area contributed by atoms with Crippen molar-refractivity contribution < 1.29 is 9.53 Å². The minimum absolute atomic E-state index is 0.0558. The van der Waals surface area contributed by atoms with Gasteiger partial charge in [0.2, 0.25) is 18.1 Å². The van der Waals surface area contributed by atoms with Gasteiger partial charge in [-0.3, -0.25) is 4.79 Å². The van der Waals surface area contributed by atoms with Crippen molar-refractivity contribution in [1.29, 1.82) is 5.26 Å². The Morgan fingerprint density at radius 1 is 1.29 bits per heavy atom. The Hall–Kier alpha value is -3.72. The second-order valence-electron chi connectivity index (χ2n) is 9.70. The van der Waals surface area contributed by atoms with Gasteiger partial charge in [-0.1, -0.05) is 54.3 Å². The maximum atomic E-state index is 13.5. The highest BCUT2D eigenvalue weighted by Crippen LogP contribution is 2.28. The van der Waals surface area contributed by atoms with Crippen LogP contribution in [-0.4, -0.2) is 61.1 Å². The molecule has 2 unspecified atom stereocenters. The van der Waals surface area contributed by atoms with Crippen LogP contribution in [0, 0.1) is 11.5 Å². The molecule has 0 aromatic heterocycles. The third kappa shape index (κ3) is 9.14. The van der Waals surface area contributed by atoms with E-state index in [1.807, 2.05) is 24.3 Å². The molecule has 42 heavy (non-hydrogen) atoms. The van der Waals surface area contributed by atoms with Crippen LogP contribution in [0.25, 0.3) is 10.4 Å². The van der Waals surface area contributed by atoms with Crippen molar-refractivity contribution in [2.24, 2.45) is 15.8 Å². The fourth-order valence-electron chi connectivity index (χ4n) is 4.50. The fourth-order valence-corrected chi connectivity index (χ4v) is 4.81.